The number of rotatable bonds is 7. The first-order valence-corrected chi connectivity index (χ1v) is 12.8. The van der Waals surface area contributed by atoms with Crippen molar-refractivity contribution in [1.29, 1.82) is 0 Å². The van der Waals surface area contributed by atoms with Crippen molar-refractivity contribution >= 4 is 17.6 Å². The highest BCUT2D eigenvalue weighted by molar-refractivity contribution is 5.84. The number of pyridine rings is 1. The minimum absolute atomic E-state index is 0.0410. The number of morpholine rings is 1. The molecule has 6 rings (SSSR count). The van der Waals surface area contributed by atoms with Gasteiger partial charge in [0.05, 0.1) is 12.2 Å². The number of aromatic nitrogens is 1. The Kier molecular flexibility index (Phi) is 6.34. The van der Waals surface area contributed by atoms with Crippen LogP contribution in [-0.2, 0) is 20.9 Å². The average molecular weight is 455 g/mol. The summed E-state index contributed by atoms with van der Waals surface area (Å²) in [5, 5.41) is 6.05. The van der Waals surface area contributed by atoms with E-state index in [2.05, 4.69) is 34.4 Å². The lowest BCUT2D eigenvalue weighted by molar-refractivity contribution is -0.146. The maximum atomic E-state index is 13.0. The summed E-state index contributed by atoms with van der Waals surface area (Å²) in [4.78, 5) is 32.2. The van der Waals surface area contributed by atoms with Gasteiger partial charge in [0.1, 0.15) is 5.82 Å². The van der Waals surface area contributed by atoms with E-state index in [1.807, 2.05) is 18.3 Å². The molecule has 7 nitrogen and oxygen atoms in total. The van der Waals surface area contributed by atoms with Gasteiger partial charge in [-0.2, -0.15) is 0 Å². The molecule has 2 amide bonds. The van der Waals surface area contributed by atoms with Crippen LogP contribution in [0.25, 0.3) is 0 Å². The number of hydrogen-bond donors (Lipinski definition) is 2. The average Bonchev–Trinajstić information content (AvgIpc) is 2.76. The number of nitrogens with one attached hydrogen (secondary N) is 2. The quantitative estimate of drug-likeness (QED) is 0.662. The molecule has 4 aliphatic carbocycles. The number of anilines is 1. The molecular formula is C26H38N4O3. The molecule has 33 heavy (non-hydrogen) atoms. The van der Waals surface area contributed by atoms with Gasteiger partial charge in [0.15, 0.2) is 0 Å². The summed E-state index contributed by atoms with van der Waals surface area (Å²) in [6.45, 7) is 6.70. The topological polar surface area (TPSA) is 83.6 Å². The Labute approximate surface area is 197 Å². The van der Waals surface area contributed by atoms with Crippen LogP contribution in [-0.4, -0.2) is 48.6 Å². The zero-order chi connectivity index (χ0) is 23.0. The Morgan fingerprint density at radius 2 is 1.67 bits per heavy atom. The van der Waals surface area contributed by atoms with Crippen LogP contribution in [0.2, 0.25) is 0 Å². The van der Waals surface area contributed by atoms with Gasteiger partial charge in [-0.3, -0.25) is 9.59 Å². The van der Waals surface area contributed by atoms with Gasteiger partial charge in [-0.1, -0.05) is 6.07 Å². The molecule has 2 N–H and O–H groups in total. The number of carbonyl (C=O) groups excluding carboxylic acids is 2. The monoisotopic (exact) mass is 454 g/mol. The molecule has 180 valence electrons. The molecule has 1 aromatic rings. The van der Waals surface area contributed by atoms with Crippen LogP contribution in [0, 0.1) is 23.2 Å². The number of hydrogen-bond acceptors (Lipinski definition) is 5. The number of nitrogens with zero attached hydrogens (tertiary/aromatic N) is 2. The minimum atomic E-state index is -0.144. The van der Waals surface area contributed by atoms with E-state index in [1.165, 1.54) is 19.3 Å². The second-order valence-electron chi connectivity index (χ2n) is 11.2. The third kappa shape index (κ3) is 5.03. The van der Waals surface area contributed by atoms with Crippen molar-refractivity contribution in [2.24, 2.45) is 23.2 Å². The van der Waals surface area contributed by atoms with Gasteiger partial charge >= 0.3 is 0 Å². The Hall–Kier alpha value is -2.15. The molecule has 0 radical (unpaired) electrons. The van der Waals surface area contributed by atoms with Crippen molar-refractivity contribution in [1.82, 2.24) is 15.6 Å². The van der Waals surface area contributed by atoms with Gasteiger partial charge in [0.2, 0.25) is 11.8 Å². The summed E-state index contributed by atoms with van der Waals surface area (Å²) in [5.41, 5.74) is 0.827. The Morgan fingerprint density at radius 3 is 2.24 bits per heavy atom. The van der Waals surface area contributed by atoms with Crippen molar-refractivity contribution in [3.05, 3.63) is 23.9 Å². The largest absolute Gasteiger partial charge is 0.372 e. The molecule has 4 bridgehead atoms. The fraction of sp³-hybridized carbons (Fsp3) is 0.731. The lowest BCUT2D eigenvalue weighted by Crippen LogP contribution is -2.53. The predicted octanol–water partition coefficient (Wildman–Crippen LogP) is 3.03. The first-order valence-electron chi connectivity index (χ1n) is 12.8. The molecule has 1 aliphatic heterocycles. The second-order valence-corrected chi connectivity index (χ2v) is 11.2. The maximum Gasteiger partial charge on any atom is 0.226 e. The van der Waals surface area contributed by atoms with Crippen LogP contribution in [0.4, 0.5) is 5.82 Å². The molecule has 4 saturated carbocycles. The lowest BCUT2D eigenvalue weighted by Gasteiger charge is -2.55. The van der Waals surface area contributed by atoms with E-state index >= 15 is 0 Å². The molecule has 2 unspecified atom stereocenters. The summed E-state index contributed by atoms with van der Waals surface area (Å²) in [6, 6.07) is 4.03. The van der Waals surface area contributed by atoms with Gasteiger partial charge in [-0.15, -0.1) is 0 Å². The molecule has 7 heteroatoms. The zero-order valence-electron chi connectivity index (χ0n) is 20.0. The van der Waals surface area contributed by atoms with Crippen molar-refractivity contribution in [3.8, 4) is 0 Å². The minimum Gasteiger partial charge on any atom is -0.372 e. The number of ether oxygens (including phenoxy) is 1. The highest BCUT2D eigenvalue weighted by Crippen LogP contribution is 2.60. The molecule has 5 fully saturated rings. The Bertz CT molecular complexity index is 826. The summed E-state index contributed by atoms with van der Waals surface area (Å²) < 4.78 is 5.79. The highest BCUT2D eigenvalue weighted by Gasteiger charge is 2.54. The van der Waals surface area contributed by atoms with Crippen LogP contribution < -0.4 is 15.5 Å². The predicted molar refractivity (Wildman–Crippen MR) is 127 cm³/mol. The Balaban J connectivity index is 1.04. The van der Waals surface area contributed by atoms with Crippen molar-refractivity contribution < 1.29 is 14.3 Å². The van der Waals surface area contributed by atoms with E-state index in [-0.39, 0.29) is 29.4 Å². The van der Waals surface area contributed by atoms with E-state index in [4.69, 9.17) is 4.74 Å². The first kappa shape index (κ1) is 22.6. The summed E-state index contributed by atoms with van der Waals surface area (Å²) in [5.74, 6) is 3.35. The van der Waals surface area contributed by atoms with Gasteiger partial charge in [0, 0.05) is 44.2 Å². The maximum absolute atomic E-state index is 13.0. The third-order valence-electron chi connectivity index (χ3n) is 8.20. The molecule has 1 saturated heterocycles. The Morgan fingerprint density at radius 1 is 1.03 bits per heavy atom. The van der Waals surface area contributed by atoms with Crippen LogP contribution >= 0.6 is 0 Å². The van der Waals surface area contributed by atoms with E-state index in [9.17, 15) is 9.59 Å². The van der Waals surface area contributed by atoms with Gasteiger partial charge < -0.3 is 20.3 Å². The standard InChI is InChI=1S/C26H38N4O3/c1-17-15-30(16-18(2)33-17)23-4-3-19(13-28-23)14-29-24(31)5-6-27-25(32)26-10-20-7-21(11-26)9-22(8-20)12-26/h3-4,13,17-18,20-22H,5-12,14-16H2,1-2H3,(H,27,32)(H,29,31). The molecule has 0 spiro atoms. The summed E-state index contributed by atoms with van der Waals surface area (Å²) >= 11 is 0. The van der Waals surface area contributed by atoms with Crippen molar-refractivity contribution in [2.45, 2.75) is 77.5 Å². The summed E-state index contributed by atoms with van der Waals surface area (Å²) in [7, 11) is 0. The van der Waals surface area contributed by atoms with Crippen LogP contribution in [0.15, 0.2) is 18.3 Å². The van der Waals surface area contributed by atoms with Gasteiger partial charge in [0.25, 0.3) is 0 Å². The van der Waals surface area contributed by atoms with Crippen molar-refractivity contribution in [3.63, 3.8) is 0 Å². The zero-order valence-corrected chi connectivity index (χ0v) is 20.0. The van der Waals surface area contributed by atoms with E-state index in [1.54, 1.807) is 0 Å². The SMILES string of the molecule is CC1CN(c2ccc(CNC(=O)CCNC(=O)C34CC5CC(CC(C5)C3)C4)cn2)CC(C)O1. The fourth-order valence-electron chi connectivity index (χ4n) is 7.23. The third-order valence-corrected chi connectivity index (χ3v) is 8.20. The first-order chi connectivity index (χ1) is 15.9. The fourth-order valence-corrected chi connectivity index (χ4v) is 7.23. The normalized spacial score (nSPS) is 34.8. The molecular weight excluding hydrogens is 416 g/mol. The lowest BCUT2D eigenvalue weighted by atomic mass is 9.49. The van der Waals surface area contributed by atoms with Crippen molar-refractivity contribution in [2.75, 3.05) is 24.5 Å². The summed E-state index contributed by atoms with van der Waals surface area (Å²) in [6.07, 6.45) is 9.69. The van der Waals surface area contributed by atoms with E-state index in [0.717, 1.165) is 61.5 Å². The molecule has 0 aromatic carbocycles. The van der Waals surface area contributed by atoms with E-state index < -0.39 is 0 Å². The highest BCUT2D eigenvalue weighted by atomic mass is 16.5. The molecule has 2 atom stereocenters. The molecule has 2 heterocycles. The number of amides is 2. The van der Waals surface area contributed by atoms with Crippen LogP contribution in [0.1, 0.15) is 64.4 Å². The smallest absolute Gasteiger partial charge is 0.226 e. The van der Waals surface area contributed by atoms with Gasteiger partial charge in [-0.05, 0) is 81.8 Å². The van der Waals surface area contributed by atoms with Gasteiger partial charge in [-0.25, -0.2) is 4.98 Å². The molecule has 1 aromatic heterocycles. The van der Waals surface area contributed by atoms with E-state index in [0.29, 0.717) is 19.5 Å². The van der Waals surface area contributed by atoms with Crippen LogP contribution in [0.3, 0.4) is 0 Å². The van der Waals surface area contributed by atoms with Crippen LogP contribution in [0.5, 0.6) is 0 Å². The number of carbonyl (C=O) groups is 2. The second kappa shape index (κ2) is 9.24. The molecule has 5 aliphatic rings.